The monoisotopic (exact) mass is 334 g/mol. The maximum atomic E-state index is 12.1. The number of anilines is 1. The van der Waals surface area contributed by atoms with Crippen LogP contribution in [0.25, 0.3) is 0 Å². The number of rotatable bonds is 7. The molecule has 1 aliphatic rings. The number of carbonyl (C=O) groups is 2. The second kappa shape index (κ2) is 8.77. The molecule has 7 heteroatoms. The van der Waals surface area contributed by atoms with E-state index in [0.717, 1.165) is 30.6 Å². The molecule has 2 unspecified atom stereocenters. The lowest BCUT2D eigenvalue weighted by molar-refractivity contribution is -0.123. The lowest BCUT2D eigenvalue weighted by Crippen LogP contribution is -2.41. The van der Waals surface area contributed by atoms with Crippen molar-refractivity contribution in [2.45, 2.75) is 25.4 Å². The van der Waals surface area contributed by atoms with Crippen LogP contribution in [0.3, 0.4) is 0 Å². The maximum Gasteiger partial charge on any atom is 0.243 e. The largest absolute Gasteiger partial charge is 0.383 e. The molecule has 2 rings (SSSR count). The van der Waals surface area contributed by atoms with E-state index < -0.39 is 6.04 Å². The number of likely N-dealkylation sites (tertiary alicyclic amines) is 1. The molecule has 7 nitrogen and oxygen atoms in total. The molecule has 132 valence electrons. The summed E-state index contributed by atoms with van der Waals surface area (Å²) in [5, 5.41) is 2.86. The minimum Gasteiger partial charge on any atom is -0.383 e. The van der Waals surface area contributed by atoms with Gasteiger partial charge < -0.3 is 21.5 Å². The van der Waals surface area contributed by atoms with Crippen molar-refractivity contribution in [1.82, 2.24) is 4.90 Å². The SMILES string of the molecule is COCC(N)C(=O)Nc1ccccc1CN1CCCC(C(N)=O)C1. The number of methoxy groups -OCH3 is 1. The fourth-order valence-corrected chi connectivity index (χ4v) is 2.93. The van der Waals surface area contributed by atoms with Gasteiger partial charge in [0.1, 0.15) is 6.04 Å². The molecular formula is C17H26N4O3. The molecule has 0 aromatic heterocycles. The van der Waals surface area contributed by atoms with Crippen LogP contribution in [-0.2, 0) is 20.9 Å². The van der Waals surface area contributed by atoms with Gasteiger partial charge in [0.25, 0.3) is 0 Å². The number of carbonyl (C=O) groups excluding carboxylic acids is 2. The summed E-state index contributed by atoms with van der Waals surface area (Å²) in [7, 11) is 1.51. The van der Waals surface area contributed by atoms with E-state index in [9.17, 15) is 9.59 Å². The Morgan fingerprint density at radius 1 is 1.42 bits per heavy atom. The quantitative estimate of drug-likeness (QED) is 0.664. The Morgan fingerprint density at radius 3 is 2.88 bits per heavy atom. The van der Waals surface area contributed by atoms with Crippen LogP contribution in [0.5, 0.6) is 0 Å². The van der Waals surface area contributed by atoms with Crippen molar-refractivity contribution in [2.24, 2.45) is 17.4 Å². The van der Waals surface area contributed by atoms with E-state index in [4.69, 9.17) is 16.2 Å². The number of benzene rings is 1. The summed E-state index contributed by atoms with van der Waals surface area (Å²) in [5.41, 5.74) is 12.9. The highest BCUT2D eigenvalue weighted by Crippen LogP contribution is 2.22. The first-order chi connectivity index (χ1) is 11.5. The van der Waals surface area contributed by atoms with Gasteiger partial charge in [-0.2, -0.15) is 0 Å². The van der Waals surface area contributed by atoms with E-state index in [1.54, 1.807) is 0 Å². The van der Waals surface area contributed by atoms with Crippen LogP contribution in [0.2, 0.25) is 0 Å². The second-order valence-electron chi connectivity index (χ2n) is 6.18. The Morgan fingerprint density at radius 2 is 2.17 bits per heavy atom. The summed E-state index contributed by atoms with van der Waals surface area (Å²) in [4.78, 5) is 25.7. The Balaban J connectivity index is 2.03. The highest BCUT2D eigenvalue weighted by atomic mass is 16.5. The van der Waals surface area contributed by atoms with Gasteiger partial charge >= 0.3 is 0 Å². The van der Waals surface area contributed by atoms with E-state index in [1.807, 2.05) is 24.3 Å². The van der Waals surface area contributed by atoms with Crippen LogP contribution >= 0.6 is 0 Å². The molecule has 2 amide bonds. The number of para-hydroxylation sites is 1. The number of primary amides is 1. The standard InChI is InChI=1S/C17H26N4O3/c1-24-11-14(18)17(23)20-15-7-3-2-5-12(15)9-21-8-4-6-13(10-21)16(19)22/h2-3,5,7,13-14H,4,6,8-11,18H2,1H3,(H2,19,22)(H,20,23). The van der Waals surface area contributed by atoms with Crippen molar-refractivity contribution in [2.75, 3.05) is 32.1 Å². The van der Waals surface area contributed by atoms with E-state index in [-0.39, 0.29) is 24.3 Å². The number of ether oxygens (including phenoxy) is 1. The van der Waals surface area contributed by atoms with Crippen molar-refractivity contribution in [3.63, 3.8) is 0 Å². The third-order valence-corrected chi connectivity index (χ3v) is 4.26. The number of nitrogens with two attached hydrogens (primary N) is 2. The Hall–Kier alpha value is -1.96. The number of amides is 2. The number of hydrogen-bond acceptors (Lipinski definition) is 5. The molecule has 0 bridgehead atoms. The molecule has 0 radical (unpaired) electrons. The zero-order valence-corrected chi connectivity index (χ0v) is 14.0. The first-order valence-electron chi connectivity index (χ1n) is 8.16. The van der Waals surface area contributed by atoms with Gasteiger partial charge in [-0.1, -0.05) is 18.2 Å². The topological polar surface area (TPSA) is 111 Å². The number of piperidine rings is 1. The van der Waals surface area contributed by atoms with Crippen molar-refractivity contribution < 1.29 is 14.3 Å². The zero-order valence-electron chi connectivity index (χ0n) is 14.0. The molecule has 1 fully saturated rings. The van der Waals surface area contributed by atoms with Gasteiger partial charge in [-0.25, -0.2) is 0 Å². The third-order valence-electron chi connectivity index (χ3n) is 4.26. The fourth-order valence-electron chi connectivity index (χ4n) is 2.93. The Labute approximate surface area is 142 Å². The fraction of sp³-hybridized carbons (Fsp3) is 0.529. The van der Waals surface area contributed by atoms with E-state index in [0.29, 0.717) is 13.1 Å². The van der Waals surface area contributed by atoms with Gasteiger partial charge in [0.05, 0.1) is 12.5 Å². The molecule has 1 saturated heterocycles. The van der Waals surface area contributed by atoms with Gasteiger partial charge in [-0.15, -0.1) is 0 Å². The number of hydrogen-bond donors (Lipinski definition) is 3. The third kappa shape index (κ3) is 5.02. The smallest absolute Gasteiger partial charge is 0.243 e. The molecular weight excluding hydrogens is 308 g/mol. The molecule has 1 aromatic rings. The molecule has 1 aromatic carbocycles. The predicted molar refractivity (Wildman–Crippen MR) is 92.1 cm³/mol. The molecule has 5 N–H and O–H groups in total. The highest BCUT2D eigenvalue weighted by molar-refractivity contribution is 5.95. The van der Waals surface area contributed by atoms with Crippen LogP contribution in [0.15, 0.2) is 24.3 Å². The van der Waals surface area contributed by atoms with Gasteiger partial charge in [0.15, 0.2) is 0 Å². The Kier molecular flexibility index (Phi) is 6.72. The summed E-state index contributed by atoms with van der Waals surface area (Å²) >= 11 is 0. The molecule has 1 heterocycles. The Bertz CT molecular complexity index is 579. The normalized spacial score (nSPS) is 19.7. The van der Waals surface area contributed by atoms with Crippen LogP contribution in [-0.4, -0.2) is 49.6 Å². The zero-order chi connectivity index (χ0) is 17.5. The lowest BCUT2D eigenvalue weighted by Gasteiger charge is -2.31. The summed E-state index contributed by atoms with van der Waals surface area (Å²) in [6.45, 7) is 2.39. The van der Waals surface area contributed by atoms with Gasteiger partial charge in [-0.05, 0) is 31.0 Å². The summed E-state index contributed by atoms with van der Waals surface area (Å²) in [6, 6.07) is 6.89. The van der Waals surface area contributed by atoms with E-state index in [2.05, 4.69) is 10.2 Å². The molecule has 1 aliphatic heterocycles. The first kappa shape index (κ1) is 18.4. The van der Waals surface area contributed by atoms with Crippen LogP contribution in [0.4, 0.5) is 5.69 Å². The molecule has 0 saturated carbocycles. The number of nitrogens with zero attached hydrogens (tertiary/aromatic N) is 1. The number of nitrogens with one attached hydrogen (secondary N) is 1. The minimum atomic E-state index is -0.711. The predicted octanol–water partition coefficient (Wildman–Crippen LogP) is 0.296. The average molecular weight is 334 g/mol. The van der Waals surface area contributed by atoms with Crippen molar-refractivity contribution in [3.05, 3.63) is 29.8 Å². The van der Waals surface area contributed by atoms with Crippen molar-refractivity contribution in [1.29, 1.82) is 0 Å². The lowest BCUT2D eigenvalue weighted by atomic mass is 9.97. The van der Waals surface area contributed by atoms with Crippen LogP contribution < -0.4 is 16.8 Å². The van der Waals surface area contributed by atoms with Crippen molar-refractivity contribution in [3.8, 4) is 0 Å². The minimum absolute atomic E-state index is 0.101. The maximum absolute atomic E-state index is 12.1. The second-order valence-corrected chi connectivity index (χ2v) is 6.18. The highest BCUT2D eigenvalue weighted by Gasteiger charge is 2.24. The van der Waals surface area contributed by atoms with E-state index in [1.165, 1.54) is 7.11 Å². The van der Waals surface area contributed by atoms with Gasteiger partial charge in [0, 0.05) is 25.9 Å². The van der Waals surface area contributed by atoms with Gasteiger partial charge in [0.2, 0.25) is 11.8 Å². The summed E-state index contributed by atoms with van der Waals surface area (Å²) in [5.74, 6) is -0.625. The molecule has 0 spiro atoms. The van der Waals surface area contributed by atoms with Crippen LogP contribution in [0.1, 0.15) is 18.4 Å². The molecule has 2 atom stereocenters. The molecule has 0 aliphatic carbocycles. The van der Waals surface area contributed by atoms with Crippen molar-refractivity contribution >= 4 is 17.5 Å². The summed E-state index contributed by atoms with van der Waals surface area (Å²) < 4.78 is 4.91. The van der Waals surface area contributed by atoms with E-state index >= 15 is 0 Å². The first-order valence-corrected chi connectivity index (χ1v) is 8.16. The van der Waals surface area contributed by atoms with Gasteiger partial charge in [-0.3, -0.25) is 14.5 Å². The van der Waals surface area contributed by atoms with Crippen LogP contribution in [0, 0.1) is 5.92 Å². The molecule has 24 heavy (non-hydrogen) atoms. The summed E-state index contributed by atoms with van der Waals surface area (Å²) in [6.07, 6.45) is 1.79. The average Bonchev–Trinajstić information content (AvgIpc) is 2.57.